The smallest absolute Gasteiger partial charge is 0.416 e. The average Bonchev–Trinajstić information content (AvgIpc) is 3.44. The third kappa shape index (κ3) is 5.17. The molecule has 2 aliphatic rings. The van der Waals surface area contributed by atoms with Crippen LogP contribution in [-0.2, 0) is 27.1 Å². The van der Waals surface area contributed by atoms with E-state index >= 15 is 0 Å². The lowest BCUT2D eigenvalue weighted by atomic mass is 9.82. The van der Waals surface area contributed by atoms with E-state index < -0.39 is 63.8 Å². The molecular weight excluding hydrogens is 622 g/mol. The molecule has 0 spiro atoms. The van der Waals surface area contributed by atoms with Crippen LogP contribution in [0.2, 0.25) is 0 Å². The number of fused-ring (bicyclic) bond motifs is 2. The minimum atomic E-state index is -4.70. The van der Waals surface area contributed by atoms with Crippen molar-refractivity contribution in [2.45, 2.75) is 28.9 Å². The summed E-state index contributed by atoms with van der Waals surface area (Å²) in [5.74, 6) is -4.10. The van der Waals surface area contributed by atoms with Crippen molar-refractivity contribution < 1.29 is 36.7 Å². The molecular formula is C30H21F4N3O5S2. The number of hydrogen-bond donors (Lipinski definition) is 1. The first kappa shape index (κ1) is 29.6. The predicted octanol–water partition coefficient (Wildman–Crippen LogP) is 5.51. The summed E-state index contributed by atoms with van der Waals surface area (Å²) in [6.07, 6.45) is -4.70. The molecule has 4 aromatic rings. The number of amides is 3. The number of nitrogens with zero attached hydrogens (tertiary/aromatic N) is 2. The Bertz CT molecular complexity index is 1850. The Morgan fingerprint density at radius 1 is 0.977 bits per heavy atom. The third-order valence-electron chi connectivity index (χ3n) is 7.38. The van der Waals surface area contributed by atoms with Crippen molar-refractivity contribution in [1.82, 2.24) is 4.57 Å². The molecule has 8 nitrogen and oxygen atoms in total. The summed E-state index contributed by atoms with van der Waals surface area (Å²) in [7, 11) is 1.43. The Labute approximate surface area is 255 Å². The average molecular weight is 644 g/mol. The molecule has 6 rings (SSSR count). The number of aromatic nitrogens is 1. The van der Waals surface area contributed by atoms with Gasteiger partial charge in [0.2, 0.25) is 17.7 Å². The highest BCUT2D eigenvalue weighted by Gasteiger charge is 2.57. The van der Waals surface area contributed by atoms with Crippen LogP contribution in [-0.4, -0.2) is 34.6 Å². The summed E-state index contributed by atoms with van der Waals surface area (Å²) in [5, 5.41) is 1.78. The maximum absolute atomic E-state index is 14.0. The van der Waals surface area contributed by atoms with Crippen LogP contribution < -0.4 is 19.8 Å². The summed E-state index contributed by atoms with van der Waals surface area (Å²) in [4.78, 5) is 54.7. The van der Waals surface area contributed by atoms with Gasteiger partial charge in [0.1, 0.15) is 23.4 Å². The molecule has 3 aromatic carbocycles. The van der Waals surface area contributed by atoms with Gasteiger partial charge in [-0.05, 0) is 48.5 Å². The fraction of sp³-hybridized carbons (Fsp3) is 0.200. The van der Waals surface area contributed by atoms with Gasteiger partial charge in [0.25, 0.3) is 0 Å². The summed E-state index contributed by atoms with van der Waals surface area (Å²) in [6, 6.07) is 15.8. The molecule has 0 aliphatic carbocycles. The second-order valence-corrected chi connectivity index (χ2v) is 12.1. The lowest BCUT2D eigenvalue weighted by Crippen LogP contribution is -2.33. The van der Waals surface area contributed by atoms with Crippen molar-refractivity contribution in [2.75, 3.05) is 17.3 Å². The number of nitrogens with one attached hydrogen (secondary N) is 1. The lowest BCUT2D eigenvalue weighted by Gasteiger charge is -2.31. The molecule has 3 atom stereocenters. The molecule has 14 heteroatoms. The maximum Gasteiger partial charge on any atom is 0.416 e. The highest BCUT2D eigenvalue weighted by molar-refractivity contribution is 8.00. The number of carbonyl (C=O) groups is 3. The fourth-order valence-electron chi connectivity index (χ4n) is 5.47. The van der Waals surface area contributed by atoms with E-state index in [1.807, 2.05) is 0 Å². The normalized spacial score (nSPS) is 19.5. The van der Waals surface area contributed by atoms with Crippen molar-refractivity contribution in [3.63, 3.8) is 0 Å². The molecule has 3 amide bonds. The van der Waals surface area contributed by atoms with Crippen LogP contribution in [0.15, 0.2) is 82.6 Å². The molecule has 0 saturated carbocycles. The quantitative estimate of drug-likeness (QED) is 0.220. The molecule has 1 fully saturated rings. The van der Waals surface area contributed by atoms with E-state index in [9.17, 15) is 36.7 Å². The van der Waals surface area contributed by atoms with Crippen molar-refractivity contribution in [3.8, 4) is 5.75 Å². The van der Waals surface area contributed by atoms with Gasteiger partial charge in [-0.3, -0.25) is 23.7 Å². The molecule has 0 bridgehead atoms. The van der Waals surface area contributed by atoms with Gasteiger partial charge in [0.15, 0.2) is 0 Å². The first-order valence-electron chi connectivity index (χ1n) is 13.1. The summed E-state index contributed by atoms with van der Waals surface area (Å²) in [6.45, 7) is -0.440. The molecule has 2 aliphatic heterocycles. The number of thiazole rings is 1. The Kier molecular flexibility index (Phi) is 7.58. The summed E-state index contributed by atoms with van der Waals surface area (Å²) < 4.78 is 60.6. The number of alkyl halides is 3. The number of halogens is 4. The number of benzene rings is 3. The van der Waals surface area contributed by atoms with Crippen LogP contribution in [0.25, 0.3) is 0 Å². The molecule has 3 heterocycles. The predicted molar refractivity (Wildman–Crippen MR) is 156 cm³/mol. The van der Waals surface area contributed by atoms with E-state index in [1.165, 1.54) is 42.0 Å². The van der Waals surface area contributed by atoms with Gasteiger partial charge in [-0.15, -0.1) is 0 Å². The van der Waals surface area contributed by atoms with Gasteiger partial charge in [-0.1, -0.05) is 47.4 Å². The van der Waals surface area contributed by atoms with E-state index in [4.69, 9.17) is 4.74 Å². The maximum atomic E-state index is 14.0. The standard InChI is InChI=1S/C30H21F4N3O5S2/c1-42-20-8-3-2-7-19(20)22-23-24(27(40)37(26(23)39)18-6-4-5-15(13-18)30(32,33)34)43-28-25(22)44-29(41)36(28)14-21(38)35-17-11-9-16(31)10-12-17/h2-13,22-24H,14H2,1H3,(H,35,38)/t22-,23-,24+/m0/s1. The highest BCUT2D eigenvalue weighted by atomic mass is 32.2. The number of carbonyl (C=O) groups excluding carboxylic acids is 3. The zero-order valence-electron chi connectivity index (χ0n) is 22.6. The number of methoxy groups -OCH3 is 1. The fourth-order valence-corrected chi connectivity index (χ4v) is 8.23. The number of thioether (sulfide) groups is 1. The van der Waals surface area contributed by atoms with Gasteiger partial charge in [0.05, 0.1) is 29.3 Å². The number of rotatable bonds is 6. The van der Waals surface area contributed by atoms with E-state index in [1.54, 1.807) is 24.3 Å². The summed E-state index contributed by atoms with van der Waals surface area (Å²) >= 11 is 1.74. The second-order valence-electron chi connectivity index (χ2n) is 10.0. The van der Waals surface area contributed by atoms with Crippen LogP contribution >= 0.6 is 23.1 Å². The zero-order chi connectivity index (χ0) is 31.3. The lowest BCUT2D eigenvalue weighted by molar-refractivity contribution is -0.137. The first-order valence-corrected chi connectivity index (χ1v) is 14.8. The van der Waals surface area contributed by atoms with Crippen molar-refractivity contribution >= 4 is 52.2 Å². The van der Waals surface area contributed by atoms with Gasteiger partial charge < -0.3 is 10.1 Å². The SMILES string of the molecule is COc1ccccc1[C@@H]1c2sc(=O)n(CC(=O)Nc3ccc(F)cc3)c2S[C@H]2C(=O)N(c3cccc(C(F)(F)F)c3)C(=O)[C@@H]12. The minimum absolute atomic E-state index is 0.219. The van der Waals surface area contributed by atoms with Gasteiger partial charge in [-0.2, -0.15) is 13.2 Å². The molecule has 0 unspecified atom stereocenters. The molecule has 1 saturated heterocycles. The first-order chi connectivity index (χ1) is 21.0. The molecule has 44 heavy (non-hydrogen) atoms. The number of ether oxygens (including phenoxy) is 1. The molecule has 1 N–H and O–H groups in total. The van der Waals surface area contributed by atoms with Crippen LogP contribution in [0, 0.1) is 11.7 Å². The Hall–Kier alpha value is -4.43. The van der Waals surface area contributed by atoms with Crippen molar-refractivity contribution in [3.05, 3.63) is 104 Å². The zero-order valence-corrected chi connectivity index (χ0v) is 24.3. The largest absolute Gasteiger partial charge is 0.496 e. The number of anilines is 2. The number of imide groups is 1. The van der Waals surface area contributed by atoms with Gasteiger partial charge in [0, 0.05) is 22.0 Å². The highest BCUT2D eigenvalue weighted by Crippen LogP contribution is 2.55. The van der Waals surface area contributed by atoms with Crippen LogP contribution in [0.5, 0.6) is 5.75 Å². The van der Waals surface area contributed by atoms with Crippen LogP contribution in [0.1, 0.15) is 21.9 Å². The Balaban J connectivity index is 1.43. The van der Waals surface area contributed by atoms with E-state index in [2.05, 4.69) is 5.32 Å². The number of hydrogen-bond acceptors (Lipinski definition) is 7. The minimum Gasteiger partial charge on any atom is -0.496 e. The topological polar surface area (TPSA) is 97.7 Å². The van der Waals surface area contributed by atoms with Gasteiger partial charge >= 0.3 is 11.0 Å². The van der Waals surface area contributed by atoms with Gasteiger partial charge in [-0.25, -0.2) is 9.29 Å². The number of para-hydroxylation sites is 1. The Morgan fingerprint density at radius 3 is 2.41 bits per heavy atom. The molecule has 0 radical (unpaired) electrons. The van der Waals surface area contributed by atoms with Crippen molar-refractivity contribution in [2.24, 2.45) is 5.92 Å². The third-order valence-corrected chi connectivity index (χ3v) is 9.99. The Morgan fingerprint density at radius 2 is 1.70 bits per heavy atom. The van der Waals surface area contributed by atoms with E-state index in [0.717, 1.165) is 46.2 Å². The van der Waals surface area contributed by atoms with E-state index in [0.29, 0.717) is 26.9 Å². The van der Waals surface area contributed by atoms with Crippen LogP contribution in [0.4, 0.5) is 28.9 Å². The molecule has 1 aromatic heterocycles. The summed E-state index contributed by atoms with van der Waals surface area (Å²) in [5.41, 5.74) is -0.424. The van der Waals surface area contributed by atoms with Crippen LogP contribution in [0.3, 0.4) is 0 Å². The molecule has 226 valence electrons. The monoisotopic (exact) mass is 643 g/mol. The van der Waals surface area contributed by atoms with E-state index in [-0.39, 0.29) is 5.69 Å². The van der Waals surface area contributed by atoms with Crippen molar-refractivity contribution in [1.29, 1.82) is 0 Å². The second kappa shape index (κ2) is 11.2.